The third-order valence-corrected chi connectivity index (χ3v) is 6.04. The summed E-state index contributed by atoms with van der Waals surface area (Å²) in [6.45, 7) is 6.74. The monoisotopic (exact) mass is 362 g/mol. The average molecular weight is 363 g/mol. The van der Waals surface area contributed by atoms with E-state index in [2.05, 4.69) is 73.8 Å². The largest absolute Gasteiger partial charge is 2.00 e. The second kappa shape index (κ2) is 7.56. The summed E-state index contributed by atoms with van der Waals surface area (Å²) in [5.41, 5.74) is 0. The van der Waals surface area contributed by atoms with Crippen LogP contribution in [0.4, 0.5) is 0 Å². The van der Waals surface area contributed by atoms with E-state index in [-0.39, 0.29) is 47.0 Å². The Bertz CT molecular complexity index is 387. The van der Waals surface area contributed by atoms with Crippen LogP contribution in [0.1, 0.15) is 0 Å². The van der Waals surface area contributed by atoms with Crippen LogP contribution in [0.25, 0.3) is 0 Å². The van der Waals surface area contributed by atoms with E-state index in [4.69, 9.17) is 0 Å². The minimum Gasteiger partial charge on any atom is -1.00 e. The van der Waals surface area contributed by atoms with Gasteiger partial charge in [-0.15, -0.1) is 0 Å². The molecule has 0 heterocycles. The zero-order valence-electron chi connectivity index (χ0n) is 10.1. The van der Waals surface area contributed by atoms with Gasteiger partial charge in [0.15, 0.2) is 0 Å². The van der Waals surface area contributed by atoms with Gasteiger partial charge in [0.05, 0.1) is 0 Å². The summed E-state index contributed by atoms with van der Waals surface area (Å²) in [6, 6.07) is 21.2. The summed E-state index contributed by atoms with van der Waals surface area (Å²) >= 11 is 0. The molecule has 0 aromatic heterocycles. The van der Waals surface area contributed by atoms with Crippen molar-refractivity contribution in [2.24, 2.45) is 0 Å². The molecule has 0 aliphatic heterocycles. The van der Waals surface area contributed by atoms with Crippen LogP contribution in [0.3, 0.4) is 0 Å². The molecule has 0 aliphatic carbocycles. The molecule has 0 nitrogen and oxygen atoms in total. The Morgan fingerprint density at radius 2 is 1.06 bits per heavy atom. The third kappa shape index (κ3) is 4.08. The van der Waals surface area contributed by atoms with E-state index in [0.29, 0.717) is 0 Å². The quantitative estimate of drug-likeness (QED) is 0.361. The summed E-state index contributed by atoms with van der Waals surface area (Å²) in [7, 11) is -1.71. The Kier molecular flexibility index (Phi) is 7.63. The van der Waals surface area contributed by atoms with E-state index < -0.39 is 8.07 Å². The molecule has 0 unspecified atom stereocenters. The molecule has 17 heavy (non-hydrogen) atoms. The molecule has 2 rings (SSSR count). The van der Waals surface area contributed by atoms with E-state index in [9.17, 15) is 0 Å². The van der Waals surface area contributed by atoms with Crippen LogP contribution in [0.2, 0.25) is 6.55 Å². The van der Waals surface area contributed by atoms with Crippen molar-refractivity contribution in [3.8, 4) is 0 Å². The van der Waals surface area contributed by atoms with E-state index in [0.717, 1.165) is 0 Å². The van der Waals surface area contributed by atoms with Crippen LogP contribution < -0.4 is 34.4 Å². The van der Waals surface area contributed by atoms with E-state index in [1.165, 1.54) is 10.4 Å². The fraction of sp³-hybridized carbons (Fsp3) is 0.0714. The molecule has 0 saturated carbocycles. The van der Waals surface area contributed by atoms with Crippen molar-refractivity contribution in [2.75, 3.05) is 0 Å². The van der Waals surface area contributed by atoms with Crippen LogP contribution in [0, 0.1) is 6.55 Å². The molecule has 0 saturated heterocycles. The second-order valence-corrected chi connectivity index (χ2v) is 7.88. The second-order valence-electron chi connectivity index (χ2n) is 4.06. The maximum Gasteiger partial charge on any atom is 2.00 e. The smallest absolute Gasteiger partial charge is 1.00 e. The van der Waals surface area contributed by atoms with Crippen molar-refractivity contribution < 1.29 is 24.0 Å². The van der Waals surface area contributed by atoms with Crippen molar-refractivity contribution in [2.45, 2.75) is 6.55 Å². The topological polar surface area (TPSA) is 0 Å². The normalized spacial score (nSPS) is 10.0. The molecule has 0 spiro atoms. The van der Waals surface area contributed by atoms with Crippen molar-refractivity contribution in [3.05, 3.63) is 67.2 Å². The molecule has 0 amide bonds. The van der Waals surface area contributed by atoms with Gasteiger partial charge in [-0.2, -0.15) is 0 Å². The number of halogens is 1. The van der Waals surface area contributed by atoms with Crippen LogP contribution in [-0.4, -0.2) is 31.1 Å². The molecule has 0 N–H and O–H groups in total. The molecule has 0 fully saturated rings. The van der Waals surface area contributed by atoms with Gasteiger partial charge in [0, 0.05) is 0 Å². The Morgan fingerprint density at radius 1 is 0.765 bits per heavy atom. The molecule has 3 heteroatoms. The van der Waals surface area contributed by atoms with E-state index >= 15 is 0 Å². The Balaban J connectivity index is 0.00000128. The SMILES string of the molecule is [CH2-][Si](C)(c1ccccc1)c1ccccc1.[I-].[Mg+2]. The molecule has 84 valence electrons. The molecular weight excluding hydrogens is 347 g/mol. The van der Waals surface area contributed by atoms with Gasteiger partial charge in [0.25, 0.3) is 0 Å². The van der Waals surface area contributed by atoms with Gasteiger partial charge in [0.2, 0.25) is 0 Å². The number of hydrogen-bond acceptors (Lipinski definition) is 0. The van der Waals surface area contributed by atoms with Crippen molar-refractivity contribution in [1.29, 1.82) is 0 Å². The van der Waals surface area contributed by atoms with Crippen LogP contribution in [-0.2, 0) is 0 Å². The van der Waals surface area contributed by atoms with Gasteiger partial charge in [-0.3, -0.25) is 0 Å². The molecule has 0 atom stereocenters. The van der Waals surface area contributed by atoms with Crippen LogP contribution in [0.15, 0.2) is 60.7 Å². The van der Waals surface area contributed by atoms with Crippen molar-refractivity contribution in [3.63, 3.8) is 0 Å². The van der Waals surface area contributed by atoms with E-state index in [1.807, 2.05) is 0 Å². The van der Waals surface area contributed by atoms with Crippen molar-refractivity contribution >= 4 is 41.5 Å². The fourth-order valence-electron chi connectivity index (χ4n) is 1.78. The summed E-state index contributed by atoms with van der Waals surface area (Å²) in [5.74, 6) is 0. The van der Waals surface area contributed by atoms with Gasteiger partial charge >= 0.3 is 23.1 Å². The predicted molar refractivity (Wildman–Crippen MR) is 74.9 cm³/mol. The molecule has 0 bridgehead atoms. The first-order valence-electron chi connectivity index (χ1n) is 5.17. The zero-order valence-corrected chi connectivity index (χ0v) is 14.6. The van der Waals surface area contributed by atoms with Gasteiger partial charge in [0.1, 0.15) is 0 Å². The number of rotatable bonds is 2. The van der Waals surface area contributed by atoms with Crippen molar-refractivity contribution in [1.82, 2.24) is 0 Å². The summed E-state index contributed by atoms with van der Waals surface area (Å²) in [6.07, 6.45) is 0. The van der Waals surface area contributed by atoms with Gasteiger partial charge in [-0.1, -0.05) is 77.6 Å². The summed E-state index contributed by atoms with van der Waals surface area (Å²) < 4.78 is 0. The minimum atomic E-state index is -1.71. The Morgan fingerprint density at radius 3 is 1.35 bits per heavy atom. The maximum absolute atomic E-state index is 4.45. The van der Waals surface area contributed by atoms with Crippen LogP contribution in [0.5, 0.6) is 0 Å². The zero-order chi connectivity index (χ0) is 10.7. The minimum absolute atomic E-state index is 0. The average Bonchev–Trinajstić information content (AvgIpc) is 2.31. The predicted octanol–water partition coefficient (Wildman–Crippen LogP) is -1.12. The van der Waals surface area contributed by atoms with Gasteiger partial charge in [-0.25, -0.2) is 0 Å². The first-order valence-corrected chi connectivity index (χ1v) is 7.88. The molecular formula is C14H15IMgSi. The maximum atomic E-state index is 4.45. The number of hydrogen-bond donors (Lipinski definition) is 0. The first-order chi connectivity index (χ1) is 7.21. The summed E-state index contributed by atoms with van der Waals surface area (Å²) in [4.78, 5) is 0. The van der Waals surface area contributed by atoms with E-state index in [1.54, 1.807) is 0 Å². The Hall–Kier alpha value is 0.153. The van der Waals surface area contributed by atoms with Gasteiger partial charge < -0.3 is 30.5 Å². The fourth-order valence-corrected chi connectivity index (χ4v) is 3.97. The van der Waals surface area contributed by atoms with Crippen LogP contribution >= 0.6 is 0 Å². The molecule has 2 aromatic carbocycles. The number of benzene rings is 2. The summed E-state index contributed by atoms with van der Waals surface area (Å²) in [5, 5.41) is 2.77. The molecule has 0 aliphatic rings. The standard InChI is InChI=1S/C14H15Si.HI.Mg/c1-15(2,13-9-5-3-6-10-13)14-11-7-4-8-12-14;;/h3-12H,1H2,2H3;1H;/q-1;;+2/p-1. The Labute approximate surface area is 138 Å². The third-order valence-electron chi connectivity index (χ3n) is 2.82. The molecule has 0 radical (unpaired) electrons. The first kappa shape index (κ1) is 17.2. The van der Waals surface area contributed by atoms with Gasteiger partial charge in [-0.05, 0) is 8.07 Å². The molecule has 2 aromatic rings.